The molecule has 4 heteroatoms. The predicted octanol–water partition coefficient (Wildman–Crippen LogP) is 3.51. The number of halogens is 1. The third kappa shape index (κ3) is 2.92. The van der Waals surface area contributed by atoms with Gasteiger partial charge in [0.05, 0.1) is 22.9 Å². The monoisotopic (exact) mass is 301 g/mol. The standard InChI is InChI=1S/C13H20BrNO2/c1-3-6-15-11(12-9(2)4-7-16-12)13-10(14)5-8-17-13/h5,8-9,11-12,15H,3-4,6-7H2,1-2H3. The van der Waals surface area contributed by atoms with Crippen LogP contribution < -0.4 is 5.32 Å². The molecule has 1 saturated heterocycles. The Hall–Kier alpha value is -0.320. The molecule has 1 fully saturated rings. The Labute approximate surface area is 111 Å². The van der Waals surface area contributed by atoms with E-state index in [4.69, 9.17) is 9.15 Å². The molecule has 0 bridgehead atoms. The Bertz CT molecular complexity index is 353. The van der Waals surface area contributed by atoms with Gasteiger partial charge in [0.25, 0.3) is 0 Å². The molecule has 0 aliphatic carbocycles. The number of hydrogen-bond acceptors (Lipinski definition) is 3. The molecule has 0 aromatic carbocycles. The Kier molecular flexibility index (Phi) is 4.65. The molecule has 0 saturated carbocycles. The lowest BCUT2D eigenvalue weighted by Gasteiger charge is -2.25. The average Bonchev–Trinajstić information content (AvgIpc) is 2.90. The minimum Gasteiger partial charge on any atom is -0.466 e. The summed E-state index contributed by atoms with van der Waals surface area (Å²) >= 11 is 3.54. The fourth-order valence-corrected chi connectivity index (χ4v) is 2.78. The van der Waals surface area contributed by atoms with Crippen molar-refractivity contribution in [3.63, 3.8) is 0 Å². The van der Waals surface area contributed by atoms with Crippen LogP contribution in [0.4, 0.5) is 0 Å². The van der Waals surface area contributed by atoms with Crippen LogP contribution in [0.3, 0.4) is 0 Å². The van der Waals surface area contributed by atoms with Crippen molar-refractivity contribution in [2.45, 2.75) is 38.8 Å². The molecule has 3 atom stereocenters. The second kappa shape index (κ2) is 6.03. The first-order chi connectivity index (χ1) is 8.24. The minimum absolute atomic E-state index is 0.150. The highest BCUT2D eigenvalue weighted by atomic mass is 79.9. The van der Waals surface area contributed by atoms with Crippen molar-refractivity contribution < 1.29 is 9.15 Å². The van der Waals surface area contributed by atoms with Crippen molar-refractivity contribution in [3.8, 4) is 0 Å². The molecule has 1 aliphatic heterocycles. The van der Waals surface area contributed by atoms with Gasteiger partial charge in [-0.05, 0) is 47.3 Å². The summed E-state index contributed by atoms with van der Waals surface area (Å²) in [5.41, 5.74) is 0. The van der Waals surface area contributed by atoms with Gasteiger partial charge in [-0.3, -0.25) is 0 Å². The zero-order chi connectivity index (χ0) is 12.3. The van der Waals surface area contributed by atoms with E-state index in [-0.39, 0.29) is 12.1 Å². The highest BCUT2D eigenvalue weighted by Crippen LogP contribution is 2.34. The zero-order valence-corrected chi connectivity index (χ0v) is 12.0. The number of ether oxygens (including phenoxy) is 1. The summed E-state index contributed by atoms with van der Waals surface area (Å²) < 4.78 is 12.5. The van der Waals surface area contributed by atoms with Crippen LogP contribution in [0, 0.1) is 5.92 Å². The second-order valence-electron chi connectivity index (χ2n) is 4.67. The zero-order valence-electron chi connectivity index (χ0n) is 10.4. The molecule has 0 spiro atoms. The van der Waals surface area contributed by atoms with Crippen molar-refractivity contribution >= 4 is 15.9 Å². The molecule has 3 unspecified atom stereocenters. The van der Waals surface area contributed by atoms with Crippen LogP contribution in [-0.4, -0.2) is 19.3 Å². The van der Waals surface area contributed by atoms with Gasteiger partial charge in [-0.25, -0.2) is 0 Å². The van der Waals surface area contributed by atoms with Gasteiger partial charge in [-0.1, -0.05) is 13.8 Å². The summed E-state index contributed by atoms with van der Waals surface area (Å²) in [4.78, 5) is 0. The van der Waals surface area contributed by atoms with Gasteiger partial charge in [0.15, 0.2) is 0 Å². The molecule has 1 N–H and O–H groups in total. The lowest BCUT2D eigenvalue weighted by atomic mass is 9.96. The van der Waals surface area contributed by atoms with Gasteiger partial charge in [0, 0.05) is 6.61 Å². The fraction of sp³-hybridized carbons (Fsp3) is 0.692. The van der Waals surface area contributed by atoms with Crippen molar-refractivity contribution in [1.29, 1.82) is 0 Å². The van der Waals surface area contributed by atoms with E-state index in [0.717, 1.165) is 36.2 Å². The van der Waals surface area contributed by atoms with Crippen molar-refractivity contribution in [1.82, 2.24) is 5.32 Å². The van der Waals surface area contributed by atoms with Crippen LogP contribution in [0.5, 0.6) is 0 Å². The maximum Gasteiger partial charge on any atom is 0.137 e. The smallest absolute Gasteiger partial charge is 0.137 e. The van der Waals surface area contributed by atoms with Crippen LogP contribution in [0.25, 0.3) is 0 Å². The molecule has 3 nitrogen and oxygen atoms in total. The third-order valence-corrected chi connectivity index (χ3v) is 3.97. The van der Waals surface area contributed by atoms with Gasteiger partial charge in [0.1, 0.15) is 5.76 Å². The number of hydrogen-bond donors (Lipinski definition) is 1. The highest BCUT2D eigenvalue weighted by Gasteiger charge is 2.35. The molecule has 0 radical (unpaired) electrons. The van der Waals surface area contributed by atoms with Crippen LogP contribution in [0.15, 0.2) is 21.2 Å². The Balaban J connectivity index is 2.15. The summed E-state index contributed by atoms with van der Waals surface area (Å²) in [6.07, 6.45) is 4.17. The maximum absolute atomic E-state index is 5.86. The lowest BCUT2D eigenvalue weighted by molar-refractivity contribution is 0.0535. The van der Waals surface area contributed by atoms with Crippen molar-refractivity contribution in [3.05, 3.63) is 22.6 Å². The SMILES string of the molecule is CCCNC(c1occc1Br)C1OCCC1C. The molecule has 2 rings (SSSR count). The molecule has 96 valence electrons. The number of furan rings is 1. The Morgan fingerprint density at radius 3 is 2.94 bits per heavy atom. The van der Waals surface area contributed by atoms with E-state index < -0.39 is 0 Å². The van der Waals surface area contributed by atoms with E-state index in [1.807, 2.05) is 6.07 Å². The minimum atomic E-state index is 0.150. The van der Waals surface area contributed by atoms with Crippen LogP contribution in [-0.2, 0) is 4.74 Å². The van der Waals surface area contributed by atoms with E-state index in [1.165, 1.54) is 0 Å². The quantitative estimate of drug-likeness (QED) is 0.904. The van der Waals surface area contributed by atoms with E-state index in [9.17, 15) is 0 Å². The van der Waals surface area contributed by atoms with E-state index in [2.05, 4.69) is 35.1 Å². The Morgan fingerprint density at radius 2 is 2.41 bits per heavy atom. The first kappa shape index (κ1) is 13.1. The van der Waals surface area contributed by atoms with Crippen LogP contribution in [0.1, 0.15) is 38.5 Å². The number of rotatable bonds is 5. The summed E-state index contributed by atoms with van der Waals surface area (Å²) in [7, 11) is 0. The molecule has 1 aromatic rings. The topological polar surface area (TPSA) is 34.4 Å². The van der Waals surface area contributed by atoms with Gasteiger partial charge >= 0.3 is 0 Å². The largest absolute Gasteiger partial charge is 0.466 e. The molecule has 1 aromatic heterocycles. The summed E-state index contributed by atoms with van der Waals surface area (Å²) in [6, 6.07) is 2.09. The van der Waals surface area contributed by atoms with E-state index >= 15 is 0 Å². The third-order valence-electron chi connectivity index (χ3n) is 3.31. The first-order valence-electron chi connectivity index (χ1n) is 6.32. The molecule has 2 heterocycles. The molecule has 17 heavy (non-hydrogen) atoms. The normalized spacial score (nSPS) is 26.3. The molecular formula is C13H20BrNO2. The molecular weight excluding hydrogens is 282 g/mol. The fourth-order valence-electron chi connectivity index (χ4n) is 2.33. The van der Waals surface area contributed by atoms with E-state index in [1.54, 1.807) is 6.26 Å². The molecule has 0 amide bonds. The van der Waals surface area contributed by atoms with E-state index in [0.29, 0.717) is 5.92 Å². The summed E-state index contributed by atoms with van der Waals surface area (Å²) in [5.74, 6) is 1.53. The predicted molar refractivity (Wildman–Crippen MR) is 71.0 cm³/mol. The molecule has 1 aliphatic rings. The van der Waals surface area contributed by atoms with Gasteiger partial charge < -0.3 is 14.5 Å². The Morgan fingerprint density at radius 1 is 1.59 bits per heavy atom. The van der Waals surface area contributed by atoms with Crippen molar-refractivity contribution in [2.24, 2.45) is 5.92 Å². The maximum atomic E-state index is 5.86. The highest BCUT2D eigenvalue weighted by molar-refractivity contribution is 9.10. The van der Waals surface area contributed by atoms with Crippen LogP contribution >= 0.6 is 15.9 Å². The number of nitrogens with one attached hydrogen (secondary N) is 1. The van der Waals surface area contributed by atoms with Crippen molar-refractivity contribution in [2.75, 3.05) is 13.2 Å². The lowest BCUT2D eigenvalue weighted by Crippen LogP contribution is -2.35. The van der Waals surface area contributed by atoms with Gasteiger partial charge in [-0.2, -0.15) is 0 Å². The first-order valence-corrected chi connectivity index (χ1v) is 7.11. The summed E-state index contributed by atoms with van der Waals surface area (Å²) in [5, 5.41) is 3.54. The van der Waals surface area contributed by atoms with Gasteiger partial charge in [-0.15, -0.1) is 0 Å². The van der Waals surface area contributed by atoms with Crippen LogP contribution in [0.2, 0.25) is 0 Å². The van der Waals surface area contributed by atoms with Gasteiger partial charge in [0.2, 0.25) is 0 Å². The second-order valence-corrected chi connectivity index (χ2v) is 5.52. The summed E-state index contributed by atoms with van der Waals surface area (Å²) in [6.45, 7) is 6.24. The average molecular weight is 302 g/mol.